The molecule has 4 heterocycles. The van der Waals surface area contributed by atoms with Gasteiger partial charge < -0.3 is 19.7 Å². The van der Waals surface area contributed by atoms with Crippen molar-refractivity contribution < 1.29 is 4.79 Å². The molecule has 1 aliphatic rings. The number of aromatic nitrogens is 3. The van der Waals surface area contributed by atoms with Crippen LogP contribution in [0, 0.1) is 6.92 Å². The van der Waals surface area contributed by atoms with Gasteiger partial charge in [-0.3, -0.25) is 9.78 Å². The molecular weight excluding hydrogens is 516 g/mol. The number of benzene rings is 2. The Morgan fingerprint density at radius 1 is 0.950 bits per heavy atom. The van der Waals surface area contributed by atoms with Crippen LogP contribution < -0.4 is 10.2 Å². The first-order chi connectivity index (χ1) is 19.7. The monoisotopic (exact) mass is 548 g/mol. The van der Waals surface area contributed by atoms with Crippen LogP contribution in [0.3, 0.4) is 0 Å². The van der Waals surface area contributed by atoms with Crippen LogP contribution >= 0.6 is 11.3 Å². The number of rotatable bonds is 8. The predicted molar refractivity (Wildman–Crippen MR) is 163 cm³/mol. The number of aryl methyl sites for hydroxylation is 1. The number of nitrogens with zero attached hydrogens (tertiary/aromatic N) is 5. The first kappa shape index (κ1) is 25.8. The number of carbonyl (C=O) groups is 1. The normalized spacial score (nSPS) is 13.4. The second-order valence-corrected chi connectivity index (χ2v) is 10.8. The van der Waals surface area contributed by atoms with Gasteiger partial charge in [0.2, 0.25) is 0 Å². The molecule has 1 aliphatic heterocycles. The molecule has 8 heteroatoms. The summed E-state index contributed by atoms with van der Waals surface area (Å²) in [5, 5.41) is 6.19. The van der Waals surface area contributed by atoms with E-state index in [4.69, 9.17) is 4.98 Å². The van der Waals surface area contributed by atoms with E-state index < -0.39 is 0 Å². The maximum atomic E-state index is 13.8. The Kier molecular flexibility index (Phi) is 7.59. The van der Waals surface area contributed by atoms with E-state index in [-0.39, 0.29) is 5.91 Å². The number of piperazine rings is 1. The van der Waals surface area contributed by atoms with Gasteiger partial charge in [0, 0.05) is 55.7 Å². The number of amides is 1. The molecule has 0 unspecified atom stereocenters. The van der Waals surface area contributed by atoms with E-state index in [2.05, 4.69) is 80.6 Å². The third-order valence-corrected chi connectivity index (χ3v) is 8.19. The predicted octanol–water partition coefficient (Wildman–Crippen LogP) is 6.26. The van der Waals surface area contributed by atoms with Crippen molar-refractivity contribution in [2.24, 2.45) is 0 Å². The number of hydrogen-bond donors (Lipinski definition) is 1. The number of para-hydroxylation sites is 1. The molecule has 0 atom stereocenters. The number of thiazole rings is 1. The third kappa shape index (κ3) is 5.62. The second-order valence-electron chi connectivity index (χ2n) is 9.94. The summed E-state index contributed by atoms with van der Waals surface area (Å²) in [5.74, 6) is 0.0915. The molecule has 0 radical (unpaired) electrons. The van der Waals surface area contributed by atoms with E-state index >= 15 is 0 Å². The third-order valence-electron chi connectivity index (χ3n) is 7.43. The highest BCUT2D eigenvalue weighted by Gasteiger charge is 2.27. The molecule has 1 N–H and O–H groups in total. The van der Waals surface area contributed by atoms with Crippen LogP contribution in [-0.2, 0) is 13.0 Å². The summed E-state index contributed by atoms with van der Waals surface area (Å²) in [6, 6.07) is 26.8. The largest absolute Gasteiger partial charge is 0.368 e. The van der Waals surface area contributed by atoms with Crippen LogP contribution in [0.25, 0.3) is 11.4 Å². The van der Waals surface area contributed by atoms with Crippen LogP contribution in [0.5, 0.6) is 0 Å². The van der Waals surface area contributed by atoms with E-state index in [0.717, 1.165) is 59.5 Å². The lowest BCUT2D eigenvalue weighted by Gasteiger charge is -2.36. The first-order valence-electron chi connectivity index (χ1n) is 13.6. The maximum absolute atomic E-state index is 13.8. The zero-order valence-electron chi connectivity index (χ0n) is 22.5. The molecule has 0 bridgehead atoms. The van der Waals surface area contributed by atoms with Gasteiger partial charge in [-0.2, -0.15) is 0 Å². The smallest absolute Gasteiger partial charge is 0.255 e. The second kappa shape index (κ2) is 11.8. The van der Waals surface area contributed by atoms with Crippen molar-refractivity contribution >= 4 is 33.8 Å². The van der Waals surface area contributed by atoms with Crippen LogP contribution in [0.1, 0.15) is 21.6 Å². The first-order valence-corrected chi connectivity index (χ1v) is 14.5. The van der Waals surface area contributed by atoms with Gasteiger partial charge in [0.25, 0.3) is 5.91 Å². The Bertz CT molecular complexity index is 1560. The minimum absolute atomic E-state index is 0.0915. The number of anilines is 3. The van der Waals surface area contributed by atoms with Crippen LogP contribution in [0.15, 0.2) is 96.6 Å². The standard InChI is InChI=1S/C32H32N6OS/c1-24-28(31(39)37-19-17-36(18-20-37)27-12-6-3-7-13-27)21-30(38(24)16-14-25-9-4-2-5-10-25)29-23-40-32(35-29)34-26-11-8-15-33-22-26/h2-13,15,21-23H,14,16-20H2,1H3,(H,34,35). The molecule has 3 aromatic heterocycles. The Balaban J connectivity index is 1.25. The molecule has 0 saturated carbocycles. The molecule has 202 valence electrons. The minimum atomic E-state index is 0.0915. The highest BCUT2D eigenvalue weighted by molar-refractivity contribution is 7.14. The summed E-state index contributed by atoms with van der Waals surface area (Å²) in [6.07, 6.45) is 4.40. The van der Waals surface area contributed by atoms with Gasteiger partial charge in [-0.15, -0.1) is 11.3 Å². The molecule has 2 aromatic carbocycles. The van der Waals surface area contributed by atoms with E-state index in [1.54, 1.807) is 23.7 Å². The fourth-order valence-electron chi connectivity index (χ4n) is 5.23. The zero-order valence-corrected chi connectivity index (χ0v) is 23.3. The van der Waals surface area contributed by atoms with Crippen LogP contribution in [0.2, 0.25) is 0 Å². The fraction of sp³-hybridized carbons (Fsp3) is 0.219. The molecule has 1 saturated heterocycles. The number of pyridine rings is 1. The van der Waals surface area contributed by atoms with Gasteiger partial charge >= 0.3 is 0 Å². The minimum Gasteiger partial charge on any atom is -0.368 e. The zero-order chi connectivity index (χ0) is 27.3. The topological polar surface area (TPSA) is 66.3 Å². The van der Waals surface area contributed by atoms with Crippen molar-refractivity contribution in [2.45, 2.75) is 19.9 Å². The average molecular weight is 549 g/mol. The summed E-state index contributed by atoms with van der Waals surface area (Å²) in [7, 11) is 0. The lowest BCUT2D eigenvalue weighted by Crippen LogP contribution is -2.48. The molecule has 0 spiro atoms. The Hall–Kier alpha value is -4.43. The molecule has 40 heavy (non-hydrogen) atoms. The number of nitrogens with one attached hydrogen (secondary N) is 1. The van der Waals surface area contributed by atoms with Crippen molar-refractivity contribution in [1.82, 2.24) is 19.4 Å². The van der Waals surface area contributed by atoms with Gasteiger partial charge in [-0.25, -0.2) is 4.98 Å². The summed E-state index contributed by atoms with van der Waals surface area (Å²) in [6.45, 7) is 5.88. The lowest BCUT2D eigenvalue weighted by atomic mass is 10.1. The summed E-state index contributed by atoms with van der Waals surface area (Å²) >= 11 is 1.55. The average Bonchev–Trinajstić information content (AvgIpc) is 3.61. The number of carbonyl (C=O) groups excluding carboxylic acids is 1. The fourth-order valence-corrected chi connectivity index (χ4v) is 5.96. The summed E-state index contributed by atoms with van der Waals surface area (Å²) < 4.78 is 2.25. The molecule has 1 fully saturated rings. The van der Waals surface area contributed by atoms with Crippen molar-refractivity contribution in [3.05, 3.63) is 113 Å². The van der Waals surface area contributed by atoms with Gasteiger partial charge in [-0.05, 0) is 49.2 Å². The van der Waals surface area contributed by atoms with Crippen molar-refractivity contribution in [2.75, 3.05) is 36.4 Å². The maximum Gasteiger partial charge on any atom is 0.255 e. The van der Waals surface area contributed by atoms with E-state index in [1.807, 2.05) is 35.2 Å². The van der Waals surface area contributed by atoms with Crippen LogP contribution in [-0.4, -0.2) is 51.5 Å². The molecule has 7 nitrogen and oxygen atoms in total. The highest BCUT2D eigenvalue weighted by atomic mass is 32.1. The molecule has 6 rings (SSSR count). The van der Waals surface area contributed by atoms with E-state index in [9.17, 15) is 4.79 Å². The quantitative estimate of drug-likeness (QED) is 0.248. The van der Waals surface area contributed by atoms with E-state index in [0.29, 0.717) is 13.1 Å². The lowest BCUT2D eigenvalue weighted by molar-refractivity contribution is 0.0746. The van der Waals surface area contributed by atoms with Crippen LogP contribution in [0.4, 0.5) is 16.5 Å². The van der Waals surface area contributed by atoms with Gasteiger partial charge in [-0.1, -0.05) is 48.5 Å². The van der Waals surface area contributed by atoms with Gasteiger partial charge in [0.05, 0.1) is 28.8 Å². The van der Waals surface area contributed by atoms with Crippen molar-refractivity contribution in [1.29, 1.82) is 0 Å². The molecule has 5 aromatic rings. The SMILES string of the molecule is Cc1c(C(=O)N2CCN(c3ccccc3)CC2)cc(-c2csc(Nc3cccnc3)n2)n1CCc1ccccc1. The highest BCUT2D eigenvalue weighted by Crippen LogP contribution is 2.31. The van der Waals surface area contributed by atoms with Gasteiger partial charge in [0.15, 0.2) is 5.13 Å². The Morgan fingerprint density at radius 3 is 2.42 bits per heavy atom. The summed E-state index contributed by atoms with van der Waals surface area (Å²) in [4.78, 5) is 27.2. The number of hydrogen-bond acceptors (Lipinski definition) is 6. The Morgan fingerprint density at radius 2 is 1.70 bits per heavy atom. The Labute approximate surface area is 238 Å². The van der Waals surface area contributed by atoms with Gasteiger partial charge in [0.1, 0.15) is 0 Å². The van der Waals surface area contributed by atoms with E-state index in [1.165, 1.54) is 11.3 Å². The van der Waals surface area contributed by atoms with Crippen molar-refractivity contribution in [3.8, 4) is 11.4 Å². The van der Waals surface area contributed by atoms with Crippen molar-refractivity contribution in [3.63, 3.8) is 0 Å². The molecule has 1 amide bonds. The molecule has 0 aliphatic carbocycles. The molecular formula is C32H32N6OS. The summed E-state index contributed by atoms with van der Waals surface area (Å²) in [5.41, 5.74) is 6.94.